The molecule has 262 valence electrons. The van der Waals surface area contributed by atoms with E-state index < -0.39 is 25.3 Å². The van der Waals surface area contributed by atoms with Crippen LogP contribution in [0.4, 0.5) is 11.4 Å². The zero-order valence-corrected chi connectivity index (χ0v) is 38.9. The van der Waals surface area contributed by atoms with Crippen LogP contribution >= 0.6 is 73.6 Å². The fraction of sp³-hybridized carbons (Fsp3) is 0.447. The molecular weight excluding hydrogens is 855 g/mol. The molecule has 6 atom stereocenters. The number of thiophene rings is 1. The van der Waals surface area contributed by atoms with E-state index in [9.17, 15) is 0 Å². The summed E-state index contributed by atoms with van der Waals surface area (Å²) in [4.78, 5) is 5.56. The number of benzene rings is 2. The molecule has 10 heteroatoms. The Hall–Kier alpha value is 0.0412. The van der Waals surface area contributed by atoms with Gasteiger partial charge in [-0.25, -0.2) is 0 Å². The van der Waals surface area contributed by atoms with Crippen molar-refractivity contribution in [3.05, 3.63) is 107 Å². The van der Waals surface area contributed by atoms with E-state index >= 15 is 0 Å². The van der Waals surface area contributed by atoms with E-state index in [2.05, 4.69) is 153 Å². The first-order valence-corrected chi connectivity index (χ1v) is 26.9. The summed E-state index contributed by atoms with van der Waals surface area (Å²) in [6.07, 6.45) is 2.42. The first kappa shape index (κ1) is 42.5. The van der Waals surface area contributed by atoms with Crippen LogP contribution in [0.2, 0.25) is 13.1 Å². The number of halogens is 4. The van der Waals surface area contributed by atoms with Crippen LogP contribution in [-0.2, 0) is 17.0 Å². The Balaban J connectivity index is 0.000000237. The van der Waals surface area contributed by atoms with E-state index in [1.54, 1.807) is 10.5 Å². The van der Waals surface area contributed by atoms with E-state index in [0.29, 0.717) is 11.5 Å². The van der Waals surface area contributed by atoms with Crippen molar-refractivity contribution in [3.8, 4) is 0 Å². The Morgan fingerprint density at radius 3 is 2.00 bits per heavy atom. The van der Waals surface area contributed by atoms with Crippen molar-refractivity contribution in [1.82, 2.24) is 0 Å². The molecular formula is C38H50Br2Cl2N2S2SiTi-2. The molecule has 48 heavy (non-hydrogen) atoms. The van der Waals surface area contributed by atoms with Crippen molar-refractivity contribution >= 4 is 98.8 Å². The first-order valence-electron chi connectivity index (χ1n) is 16.2. The van der Waals surface area contributed by atoms with Crippen molar-refractivity contribution in [2.45, 2.75) is 79.3 Å². The van der Waals surface area contributed by atoms with Crippen LogP contribution in [0.25, 0.3) is 10.9 Å². The fourth-order valence-electron chi connectivity index (χ4n) is 7.80. The molecule has 1 N–H and O–H groups in total. The van der Waals surface area contributed by atoms with Gasteiger partial charge in [-0.2, -0.15) is 0 Å². The maximum absolute atomic E-state index is 5.01. The summed E-state index contributed by atoms with van der Waals surface area (Å²) >= 11 is 10.6. The minimum absolute atomic E-state index is 0. The van der Waals surface area contributed by atoms with Gasteiger partial charge >= 0.3 is 35.6 Å². The SMILES string of the molecule is CC1=C(C)C([Si](C)(C)Nc2c(C)cc(Br)cc2C)c2sccc21.Cc1cc(Br)cc(C)c1[N-]CC1C(C)C(C)C2C=CSC21.[CH3-].[Cl][Ti][Cl]. The Labute approximate surface area is 334 Å². The van der Waals surface area contributed by atoms with Crippen LogP contribution in [-0.4, -0.2) is 20.0 Å². The third-order valence-corrected chi connectivity index (χ3v) is 16.9. The molecule has 1 fully saturated rings. The van der Waals surface area contributed by atoms with E-state index in [4.69, 9.17) is 23.9 Å². The standard InChI is InChI=1S/C19H24BrNSSi.C18H23BrNS.CH3.2ClH.Ti/c1-11-9-15(20)10-12(2)17(11)21-23(5,6)19-14(4)13(3)16-7-8-22-18(16)19;1-10-7-14(19)8-11(2)17(10)20-9-16-13(4)12(3)15-5-6-21-18(15)16;;;;/h7-10,19,21H,1-6H3;5-8,12-13,15-16,18H,9H2,1-4H3;1H3;2*1H;/q;2*-1;;;+2/p-2. The molecule has 0 saturated heterocycles. The topological polar surface area (TPSA) is 26.1 Å². The molecule has 1 aliphatic heterocycles. The van der Waals surface area contributed by atoms with Crippen LogP contribution in [0, 0.1) is 58.8 Å². The number of nitrogens with one attached hydrogen (secondary N) is 1. The summed E-state index contributed by atoms with van der Waals surface area (Å²) in [6, 6.07) is 11.0. The average Bonchev–Trinajstić information content (AvgIpc) is 3.74. The second-order valence-corrected chi connectivity index (χ2v) is 24.6. The second kappa shape index (κ2) is 18.2. The molecule has 2 nitrogen and oxygen atoms in total. The Bertz CT molecular complexity index is 1600. The summed E-state index contributed by atoms with van der Waals surface area (Å²) in [5.74, 6) is 3.01. The Kier molecular flexibility index (Phi) is 16.1. The predicted molar refractivity (Wildman–Crippen MR) is 225 cm³/mol. The molecule has 6 unspecified atom stereocenters. The minimum atomic E-state index is -1.72. The number of allylic oxidation sites excluding steroid dienone is 3. The molecule has 3 aromatic rings. The molecule has 0 bridgehead atoms. The van der Waals surface area contributed by atoms with Gasteiger partial charge in [-0.3, -0.25) is 0 Å². The van der Waals surface area contributed by atoms with Gasteiger partial charge in [0.25, 0.3) is 0 Å². The van der Waals surface area contributed by atoms with Crippen molar-refractivity contribution in [1.29, 1.82) is 0 Å². The number of thioether (sulfide) groups is 1. The average molecular weight is 906 g/mol. The maximum atomic E-state index is 5.01. The van der Waals surface area contributed by atoms with Crippen molar-refractivity contribution in [3.63, 3.8) is 0 Å². The van der Waals surface area contributed by atoms with E-state index in [1.807, 2.05) is 23.1 Å². The molecule has 6 rings (SSSR count). The zero-order chi connectivity index (χ0) is 34.8. The van der Waals surface area contributed by atoms with E-state index in [1.165, 1.54) is 44.8 Å². The van der Waals surface area contributed by atoms with Crippen LogP contribution < -0.4 is 4.98 Å². The summed E-state index contributed by atoms with van der Waals surface area (Å²) in [6.45, 7) is 24.0. The number of hydrogen-bond acceptors (Lipinski definition) is 3. The monoisotopic (exact) mass is 902 g/mol. The number of aryl methyl sites for hydroxylation is 4. The first-order chi connectivity index (χ1) is 22.1. The summed E-state index contributed by atoms with van der Waals surface area (Å²) in [7, 11) is 8.05. The number of anilines is 1. The van der Waals surface area contributed by atoms with Gasteiger partial charge < -0.3 is 17.7 Å². The predicted octanol–water partition coefficient (Wildman–Crippen LogP) is 14.9. The van der Waals surface area contributed by atoms with Gasteiger partial charge in [0.05, 0.1) is 0 Å². The molecule has 2 aromatic carbocycles. The van der Waals surface area contributed by atoms with Crippen LogP contribution in [0.1, 0.15) is 65.9 Å². The normalized spacial score (nSPS) is 23.7. The molecule has 2 heterocycles. The van der Waals surface area contributed by atoms with Gasteiger partial charge in [0.1, 0.15) is 0 Å². The van der Waals surface area contributed by atoms with Gasteiger partial charge in [-0.05, 0) is 129 Å². The molecule has 3 aliphatic rings. The van der Waals surface area contributed by atoms with E-state index in [-0.39, 0.29) is 7.43 Å². The summed E-state index contributed by atoms with van der Waals surface area (Å²) in [5, 5.41) is 10.3. The molecule has 0 amide bonds. The number of hydrogen-bond donors (Lipinski definition) is 1. The van der Waals surface area contributed by atoms with E-state index in [0.717, 1.165) is 38.5 Å². The molecule has 0 radical (unpaired) electrons. The number of rotatable bonds is 6. The second-order valence-electron chi connectivity index (χ2n) is 13.9. The Morgan fingerprint density at radius 2 is 1.44 bits per heavy atom. The van der Waals surface area contributed by atoms with Gasteiger partial charge in [-0.1, -0.05) is 81.6 Å². The number of nitrogens with zero attached hydrogens (tertiary/aromatic N) is 1. The van der Waals surface area contributed by atoms with Crippen molar-refractivity contribution < 1.29 is 17.0 Å². The van der Waals surface area contributed by atoms with Crippen LogP contribution in [0.15, 0.2) is 61.7 Å². The van der Waals surface area contributed by atoms with Crippen molar-refractivity contribution in [2.75, 3.05) is 11.5 Å². The van der Waals surface area contributed by atoms with Gasteiger partial charge in [0.15, 0.2) is 8.24 Å². The van der Waals surface area contributed by atoms with Gasteiger partial charge in [0.2, 0.25) is 0 Å². The summed E-state index contributed by atoms with van der Waals surface area (Å²) in [5.41, 5.74) is 12.8. The fourth-order valence-corrected chi connectivity index (χ4v) is 16.1. The summed E-state index contributed by atoms with van der Waals surface area (Å²) < 4.78 is 2.31. The molecule has 1 saturated carbocycles. The third-order valence-electron chi connectivity index (χ3n) is 10.4. The number of fused-ring (bicyclic) bond motifs is 2. The van der Waals surface area contributed by atoms with Gasteiger partial charge in [-0.15, -0.1) is 35.3 Å². The van der Waals surface area contributed by atoms with Crippen molar-refractivity contribution in [2.24, 2.45) is 23.7 Å². The van der Waals surface area contributed by atoms with Crippen LogP contribution in [0.5, 0.6) is 0 Å². The molecule has 1 aromatic heterocycles. The quantitative estimate of drug-likeness (QED) is 0.197. The zero-order valence-electron chi connectivity index (χ0n) is 30.1. The van der Waals surface area contributed by atoms with Gasteiger partial charge in [0, 0.05) is 30.3 Å². The molecule has 2 aliphatic carbocycles. The van der Waals surface area contributed by atoms with Crippen LogP contribution in [0.3, 0.4) is 0 Å². The third kappa shape index (κ3) is 9.33. The molecule has 0 spiro atoms. The Morgan fingerprint density at radius 1 is 0.896 bits per heavy atom.